The molecule has 1 aliphatic rings. The number of hydrogen-bond acceptors (Lipinski definition) is 2. The van der Waals surface area contributed by atoms with Crippen LogP contribution in [0.3, 0.4) is 0 Å². The van der Waals surface area contributed by atoms with Crippen molar-refractivity contribution in [1.29, 1.82) is 0 Å². The van der Waals surface area contributed by atoms with Gasteiger partial charge in [0.25, 0.3) is 5.91 Å². The van der Waals surface area contributed by atoms with E-state index in [-0.39, 0.29) is 11.9 Å². The number of benzene rings is 2. The Morgan fingerprint density at radius 2 is 1.64 bits per heavy atom. The van der Waals surface area contributed by atoms with Gasteiger partial charge in [-0.25, -0.2) is 0 Å². The minimum atomic E-state index is 0.0406. The molecule has 0 aromatic heterocycles. The van der Waals surface area contributed by atoms with Crippen LogP contribution in [-0.2, 0) is 13.0 Å². The fourth-order valence-electron chi connectivity index (χ4n) is 3.24. The van der Waals surface area contributed by atoms with E-state index in [2.05, 4.69) is 29.3 Å². The van der Waals surface area contributed by atoms with Gasteiger partial charge in [-0.3, -0.25) is 9.69 Å². The Balaban J connectivity index is 1.46. The fraction of sp³-hybridized carbons (Fsp3) is 0.381. The second-order valence-electron chi connectivity index (χ2n) is 6.70. The third kappa shape index (κ3) is 5.07. The Kier molecular flexibility index (Phi) is 6.11. The van der Waals surface area contributed by atoms with Crippen LogP contribution < -0.4 is 5.32 Å². The molecule has 0 bridgehead atoms. The molecule has 132 valence electrons. The molecule has 1 aliphatic heterocycles. The molecule has 1 heterocycles. The maximum Gasteiger partial charge on any atom is 0.251 e. The molecule has 3 nitrogen and oxygen atoms in total. The van der Waals surface area contributed by atoms with Gasteiger partial charge in [0.2, 0.25) is 0 Å². The summed E-state index contributed by atoms with van der Waals surface area (Å²) < 4.78 is 0. The summed E-state index contributed by atoms with van der Waals surface area (Å²) in [7, 11) is 0. The minimum Gasteiger partial charge on any atom is -0.349 e. The predicted octanol–water partition coefficient (Wildman–Crippen LogP) is 4.30. The van der Waals surface area contributed by atoms with Gasteiger partial charge in [0.1, 0.15) is 0 Å². The Hall–Kier alpha value is -1.84. The Labute approximate surface area is 155 Å². The van der Waals surface area contributed by atoms with E-state index in [0.29, 0.717) is 0 Å². The fourth-order valence-corrected chi connectivity index (χ4v) is 3.37. The SMILES string of the molecule is CCc1ccc(C(=O)NC2CCN(Cc3ccc(Cl)cc3)CC2)cc1. The predicted molar refractivity (Wildman–Crippen MR) is 103 cm³/mol. The van der Waals surface area contributed by atoms with Crippen molar-refractivity contribution in [2.45, 2.75) is 38.8 Å². The summed E-state index contributed by atoms with van der Waals surface area (Å²) in [5.74, 6) is 0.0406. The summed E-state index contributed by atoms with van der Waals surface area (Å²) in [5.41, 5.74) is 3.29. The number of amides is 1. The lowest BCUT2D eigenvalue weighted by atomic mass is 10.0. The number of carbonyl (C=O) groups is 1. The van der Waals surface area contributed by atoms with E-state index in [1.54, 1.807) is 0 Å². The van der Waals surface area contributed by atoms with E-state index in [1.165, 1.54) is 11.1 Å². The highest BCUT2D eigenvalue weighted by molar-refractivity contribution is 6.30. The third-order valence-electron chi connectivity index (χ3n) is 4.87. The molecule has 0 atom stereocenters. The number of rotatable bonds is 5. The summed E-state index contributed by atoms with van der Waals surface area (Å²) in [6.45, 7) is 5.06. The van der Waals surface area contributed by atoms with Gasteiger partial charge in [0.05, 0.1) is 0 Å². The first-order chi connectivity index (χ1) is 12.1. The zero-order valence-electron chi connectivity index (χ0n) is 14.7. The Morgan fingerprint density at radius 3 is 2.24 bits per heavy atom. The van der Waals surface area contributed by atoms with E-state index >= 15 is 0 Å². The van der Waals surface area contributed by atoms with Crippen LogP contribution in [0.1, 0.15) is 41.3 Å². The van der Waals surface area contributed by atoms with Crippen molar-refractivity contribution in [3.05, 3.63) is 70.2 Å². The highest BCUT2D eigenvalue weighted by atomic mass is 35.5. The van der Waals surface area contributed by atoms with Gasteiger partial charge in [0, 0.05) is 36.3 Å². The molecule has 25 heavy (non-hydrogen) atoms. The lowest BCUT2D eigenvalue weighted by molar-refractivity contribution is 0.0909. The molecule has 0 unspecified atom stereocenters. The van der Waals surface area contributed by atoms with Crippen LogP contribution in [0.15, 0.2) is 48.5 Å². The second-order valence-corrected chi connectivity index (χ2v) is 7.14. The quantitative estimate of drug-likeness (QED) is 0.866. The van der Waals surface area contributed by atoms with Crippen molar-refractivity contribution in [2.24, 2.45) is 0 Å². The number of nitrogens with zero attached hydrogens (tertiary/aromatic N) is 1. The number of aryl methyl sites for hydroxylation is 1. The first kappa shape index (κ1) is 18.0. The number of carbonyl (C=O) groups excluding carboxylic acids is 1. The molecule has 0 aliphatic carbocycles. The van der Waals surface area contributed by atoms with Crippen LogP contribution >= 0.6 is 11.6 Å². The van der Waals surface area contributed by atoms with E-state index in [1.807, 2.05) is 36.4 Å². The molecule has 1 amide bonds. The van der Waals surface area contributed by atoms with Crippen molar-refractivity contribution in [3.63, 3.8) is 0 Å². The number of nitrogens with one attached hydrogen (secondary N) is 1. The van der Waals surface area contributed by atoms with E-state index in [9.17, 15) is 4.79 Å². The maximum atomic E-state index is 12.4. The molecule has 0 saturated carbocycles. The molecule has 0 spiro atoms. The van der Waals surface area contributed by atoms with Crippen molar-refractivity contribution < 1.29 is 4.79 Å². The summed E-state index contributed by atoms with van der Waals surface area (Å²) in [6.07, 6.45) is 2.98. The van der Waals surface area contributed by atoms with Crippen LogP contribution in [0, 0.1) is 0 Å². The van der Waals surface area contributed by atoms with E-state index < -0.39 is 0 Å². The van der Waals surface area contributed by atoms with Crippen molar-refractivity contribution in [2.75, 3.05) is 13.1 Å². The first-order valence-corrected chi connectivity index (χ1v) is 9.38. The molecule has 1 fully saturated rings. The zero-order chi connectivity index (χ0) is 17.6. The van der Waals surface area contributed by atoms with Gasteiger partial charge in [0.15, 0.2) is 0 Å². The van der Waals surface area contributed by atoms with Crippen molar-refractivity contribution in [3.8, 4) is 0 Å². The maximum absolute atomic E-state index is 12.4. The Bertz CT molecular complexity index is 689. The molecular formula is C21H25ClN2O. The molecule has 4 heteroatoms. The highest BCUT2D eigenvalue weighted by Crippen LogP contribution is 2.16. The number of piperidine rings is 1. The largest absolute Gasteiger partial charge is 0.349 e. The molecule has 0 radical (unpaired) electrons. The lowest BCUT2D eigenvalue weighted by Crippen LogP contribution is -2.44. The zero-order valence-corrected chi connectivity index (χ0v) is 15.4. The van der Waals surface area contributed by atoms with Gasteiger partial charge in [-0.1, -0.05) is 42.8 Å². The Morgan fingerprint density at radius 1 is 1.04 bits per heavy atom. The van der Waals surface area contributed by atoms with Crippen LogP contribution in [0.4, 0.5) is 0 Å². The minimum absolute atomic E-state index is 0.0406. The monoisotopic (exact) mass is 356 g/mol. The third-order valence-corrected chi connectivity index (χ3v) is 5.12. The lowest BCUT2D eigenvalue weighted by Gasteiger charge is -2.32. The molecule has 2 aromatic rings. The summed E-state index contributed by atoms with van der Waals surface area (Å²) in [5, 5.41) is 3.96. The van der Waals surface area contributed by atoms with Crippen LogP contribution in [0.5, 0.6) is 0 Å². The van der Waals surface area contributed by atoms with Gasteiger partial charge in [-0.15, -0.1) is 0 Å². The van der Waals surface area contributed by atoms with Crippen molar-refractivity contribution in [1.82, 2.24) is 10.2 Å². The molecule has 1 N–H and O–H groups in total. The summed E-state index contributed by atoms with van der Waals surface area (Å²) in [4.78, 5) is 14.8. The van der Waals surface area contributed by atoms with Gasteiger partial charge < -0.3 is 5.32 Å². The van der Waals surface area contributed by atoms with Gasteiger partial charge >= 0.3 is 0 Å². The van der Waals surface area contributed by atoms with Gasteiger partial charge in [-0.05, 0) is 54.7 Å². The van der Waals surface area contributed by atoms with E-state index in [4.69, 9.17) is 11.6 Å². The number of halogens is 1. The molecule has 3 rings (SSSR count). The van der Waals surface area contributed by atoms with Gasteiger partial charge in [-0.2, -0.15) is 0 Å². The highest BCUT2D eigenvalue weighted by Gasteiger charge is 2.21. The molecule has 1 saturated heterocycles. The van der Waals surface area contributed by atoms with Crippen molar-refractivity contribution >= 4 is 17.5 Å². The number of hydrogen-bond donors (Lipinski definition) is 1. The first-order valence-electron chi connectivity index (χ1n) is 9.00. The average Bonchev–Trinajstić information content (AvgIpc) is 2.65. The topological polar surface area (TPSA) is 32.3 Å². The molecule has 2 aromatic carbocycles. The van der Waals surface area contributed by atoms with E-state index in [0.717, 1.165) is 49.5 Å². The normalized spacial score (nSPS) is 15.9. The molecular weight excluding hydrogens is 332 g/mol. The average molecular weight is 357 g/mol. The second kappa shape index (κ2) is 8.50. The standard InChI is InChI=1S/C21H25ClN2O/c1-2-16-3-7-18(8-4-16)21(25)23-20-11-13-24(14-12-20)15-17-5-9-19(22)10-6-17/h3-10,20H,2,11-15H2,1H3,(H,23,25). The summed E-state index contributed by atoms with van der Waals surface area (Å²) in [6, 6.07) is 16.2. The van der Waals surface area contributed by atoms with Crippen LogP contribution in [0.2, 0.25) is 5.02 Å². The number of likely N-dealkylation sites (tertiary alicyclic amines) is 1. The smallest absolute Gasteiger partial charge is 0.251 e. The van der Waals surface area contributed by atoms with Crippen LogP contribution in [-0.4, -0.2) is 29.9 Å². The summed E-state index contributed by atoms with van der Waals surface area (Å²) >= 11 is 5.94. The van der Waals surface area contributed by atoms with Crippen LogP contribution in [0.25, 0.3) is 0 Å².